The zero-order valence-corrected chi connectivity index (χ0v) is 14.5. The first-order valence-corrected chi connectivity index (χ1v) is 9.15. The maximum absolute atomic E-state index is 12.8. The lowest BCUT2D eigenvalue weighted by molar-refractivity contribution is 0.0981. The van der Waals surface area contributed by atoms with Crippen LogP contribution >= 0.6 is 39.0 Å². The molecule has 1 unspecified atom stereocenters. The van der Waals surface area contributed by atoms with Crippen LogP contribution in [0.2, 0.25) is 0 Å². The minimum atomic E-state index is -0.534. The van der Waals surface area contributed by atoms with Crippen LogP contribution in [0.1, 0.15) is 21.2 Å². The van der Waals surface area contributed by atoms with Crippen molar-refractivity contribution in [1.82, 2.24) is 0 Å². The summed E-state index contributed by atoms with van der Waals surface area (Å²) in [7, 11) is 0. The third-order valence-corrected chi connectivity index (χ3v) is 6.39. The van der Waals surface area contributed by atoms with Crippen molar-refractivity contribution < 1.29 is 4.79 Å². The summed E-state index contributed by atoms with van der Waals surface area (Å²) >= 11 is 6.12. The van der Waals surface area contributed by atoms with E-state index in [4.69, 9.17) is 5.41 Å². The number of hydrogen-bond donors (Lipinski definition) is 1. The molecule has 0 saturated carbocycles. The molecule has 2 aromatic rings. The van der Waals surface area contributed by atoms with E-state index in [2.05, 4.69) is 22.0 Å². The number of Topliss-reactive ketones (excluding diaryl/α,β-unsaturated/α-hetero) is 1. The number of nitrogens with one attached hydrogen (secondary N) is 1. The molecule has 110 valence electrons. The molecule has 1 aromatic heterocycles. The summed E-state index contributed by atoms with van der Waals surface area (Å²) in [5.41, 5.74) is 0.619. The number of thiophene rings is 1. The molecular weight excluding hydrogens is 380 g/mol. The molecule has 1 N–H and O–H groups in total. The molecule has 0 radical (unpaired) electrons. The molecule has 0 aliphatic carbocycles. The number of halogens is 1. The molecule has 1 aliphatic rings. The lowest BCUT2D eigenvalue weighted by Gasteiger charge is -2.17. The molecule has 3 nitrogen and oxygen atoms in total. The summed E-state index contributed by atoms with van der Waals surface area (Å²) in [6, 6.07) is 13.3. The molecular formula is C16H11BrN2OS2. The van der Waals surface area contributed by atoms with Crippen molar-refractivity contribution >= 4 is 49.9 Å². The van der Waals surface area contributed by atoms with Gasteiger partial charge in [0.05, 0.1) is 16.4 Å². The predicted octanol–water partition coefficient (Wildman–Crippen LogP) is 4.71. The highest BCUT2D eigenvalue weighted by Crippen LogP contribution is 2.47. The summed E-state index contributed by atoms with van der Waals surface area (Å²) < 4.78 is 0.917. The van der Waals surface area contributed by atoms with Crippen LogP contribution in [0.25, 0.3) is 0 Å². The molecule has 0 bridgehead atoms. The van der Waals surface area contributed by atoms with Crippen molar-refractivity contribution in [2.24, 2.45) is 5.92 Å². The Morgan fingerprint density at radius 2 is 2.00 bits per heavy atom. The Kier molecular flexibility index (Phi) is 4.48. The Morgan fingerprint density at radius 1 is 1.27 bits per heavy atom. The van der Waals surface area contributed by atoms with E-state index in [1.807, 2.05) is 29.6 Å². The Balaban J connectivity index is 1.97. The van der Waals surface area contributed by atoms with Crippen LogP contribution in [0.5, 0.6) is 0 Å². The molecule has 1 aliphatic heterocycles. The second kappa shape index (κ2) is 6.37. The van der Waals surface area contributed by atoms with E-state index in [1.54, 1.807) is 12.1 Å². The number of carbonyl (C=O) groups excluding carboxylic acids is 1. The Bertz CT molecular complexity index is 749. The van der Waals surface area contributed by atoms with Gasteiger partial charge in [-0.15, -0.1) is 11.3 Å². The van der Waals surface area contributed by atoms with Gasteiger partial charge in [-0.2, -0.15) is 5.26 Å². The van der Waals surface area contributed by atoms with Crippen LogP contribution in [-0.4, -0.2) is 16.1 Å². The van der Waals surface area contributed by atoms with Gasteiger partial charge in [0, 0.05) is 20.8 Å². The maximum Gasteiger partial charge on any atom is 0.176 e. The van der Waals surface area contributed by atoms with Gasteiger partial charge in [0.2, 0.25) is 0 Å². The van der Waals surface area contributed by atoms with Gasteiger partial charge >= 0.3 is 0 Å². The highest BCUT2D eigenvalue weighted by molar-refractivity contribution is 9.10. The fourth-order valence-corrected chi connectivity index (χ4v) is 5.11. The monoisotopic (exact) mass is 390 g/mol. The SMILES string of the molecule is N#CC1C(=N)S[C@H](C(=O)c2ccc(Br)cc2)[C@H]1c1cccs1. The number of carbonyl (C=O) groups is 1. The number of nitrogens with zero attached hydrogens (tertiary/aromatic N) is 1. The molecule has 1 aromatic carbocycles. The average Bonchev–Trinajstić information content (AvgIpc) is 3.14. The largest absolute Gasteiger partial charge is 0.297 e. The van der Waals surface area contributed by atoms with E-state index in [0.717, 1.165) is 9.35 Å². The predicted molar refractivity (Wildman–Crippen MR) is 93.7 cm³/mol. The summed E-state index contributed by atoms with van der Waals surface area (Å²) in [6.07, 6.45) is 0. The van der Waals surface area contributed by atoms with E-state index >= 15 is 0 Å². The lowest BCUT2D eigenvalue weighted by Crippen LogP contribution is -2.24. The molecule has 22 heavy (non-hydrogen) atoms. The normalized spacial score (nSPS) is 24.2. The molecule has 3 atom stereocenters. The highest BCUT2D eigenvalue weighted by Gasteiger charge is 2.46. The Hall–Kier alpha value is -1.42. The van der Waals surface area contributed by atoms with E-state index in [0.29, 0.717) is 5.56 Å². The van der Waals surface area contributed by atoms with E-state index in [-0.39, 0.29) is 16.7 Å². The summed E-state index contributed by atoms with van der Waals surface area (Å²) in [6.45, 7) is 0. The lowest BCUT2D eigenvalue weighted by atomic mass is 9.87. The topological polar surface area (TPSA) is 64.7 Å². The van der Waals surface area contributed by atoms with Gasteiger partial charge in [0.15, 0.2) is 5.78 Å². The Morgan fingerprint density at radius 3 is 2.59 bits per heavy atom. The van der Waals surface area contributed by atoms with Crippen LogP contribution in [0.3, 0.4) is 0 Å². The van der Waals surface area contributed by atoms with Gasteiger partial charge in [0.25, 0.3) is 0 Å². The number of benzene rings is 1. The van der Waals surface area contributed by atoms with Crippen molar-refractivity contribution in [2.75, 3.05) is 0 Å². The van der Waals surface area contributed by atoms with Crippen molar-refractivity contribution in [1.29, 1.82) is 10.7 Å². The van der Waals surface area contributed by atoms with Crippen molar-refractivity contribution in [3.8, 4) is 6.07 Å². The van der Waals surface area contributed by atoms with Crippen LogP contribution in [0.15, 0.2) is 46.3 Å². The maximum atomic E-state index is 12.8. The van der Waals surface area contributed by atoms with E-state index in [1.165, 1.54) is 23.1 Å². The van der Waals surface area contributed by atoms with Crippen molar-refractivity contribution in [3.63, 3.8) is 0 Å². The molecule has 2 heterocycles. The van der Waals surface area contributed by atoms with Gasteiger partial charge in [-0.05, 0) is 23.6 Å². The Labute approximate surface area is 145 Å². The van der Waals surface area contributed by atoms with Gasteiger partial charge in [-0.25, -0.2) is 0 Å². The molecule has 1 saturated heterocycles. The summed E-state index contributed by atoms with van der Waals surface area (Å²) in [5.74, 6) is -0.787. The molecule has 6 heteroatoms. The first-order valence-electron chi connectivity index (χ1n) is 6.59. The quantitative estimate of drug-likeness (QED) is 0.771. The molecule has 0 amide bonds. The number of thioether (sulfide) groups is 1. The van der Waals surface area contributed by atoms with Gasteiger partial charge < -0.3 is 0 Å². The molecule has 0 spiro atoms. The third-order valence-electron chi connectivity index (χ3n) is 3.62. The smallest absolute Gasteiger partial charge is 0.176 e. The molecule has 1 fully saturated rings. The number of hydrogen-bond acceptors (Lipinski definition) is 5. The third kappa shape index (κ3) is 2.76. The van der Waals surface area contributed by atoms with Crippen LogP contribution in [0.4, 0.5) is 0 Å². The van der Waals surface area contributed by atoms with Crippen molar-refractivity contribution in [2.45, 2.75) is 11.2 Å². The first-order chi connectivity index (χ1) is 10.6. The molecule has 3 rings (SSSR count). The minimum absolute atomic E-state index is 0.0154. The standard InChI is InChI=1S/C16H11BrN2OS2/c17-10-5-3-9(4-6-10)14(20)15-13(12-2-1-7-21-12)11(8-18)16(19)22-15/h1-7,11,13,15,19H/t11?,13-,15+/m1/s1. The zero-order valence-electron chi connectivity index (χ0n) is 11.3. The fraction of sp³-hybridized carbons (Fsp3) is 0.188. The highest BCUT2D eigenvalue weighted by atomic mass is 79.9. The van der Waals surface area contributed by atoms with Crippen LogP contribution < -0.4 is 0 Å². The van der Waals surface area contributed by atoms with Crippen LogP contribution in [-0.2, 0) is 0 Å². The van der Waals surface area contributed by atoms with Crippen molar-refractivity contribution in [3.05, 3.63) is 56.7 Å². The number of rotatable bonds is 3. The van der Waals surface area contributed by atoms with E-state index < -0.39 is 11.2 Å². The summed E-state index contributed by atoms with van der Waals surface area (Å²) in [5, 5.41) is 19.3. The zero-order chi connectivity index (χ0) is 15.7. The number of nitriles is 1. The second-order valence-electron chi connectivity index (χ2n) is 4.92. The minimum Gasteiger partial charge on any atom is -0.297 e. The van der Waals surface area contributed by atoms with Gasteiger partial charge in [-0.1, -0.05) is 45.9 Å². The van der Waals surface area contributed by atoms with Gasteiger partial charge in [-0.3, -0.25) is 10.2 Å². The van der Waals surface area contributed by atoms with Crippen LogP contribution in [0, 0.1) is 22.7 Å². The first kappa shape index (κ1) is 15.5. The fourth-order valence-electron chi connectivity index (χ4n) is 2.55. The summed E-state index contributed by atoms with van der Waals surface area (Å²) in [4.78, 5) is 13.8. The number of ketones is 1. The average molecular weight is 391 g/mol. The van der Waals surface area contributed by atoms with Gasteiger partial charge in [0.1, 0.15) is 5.92 Å². The second-order valence-corrected chi connectivity index (χ2v) is 8.00. The van der Waals surface area contributed by atoms with E-state index in [9.17, 15) is 10.1 Å².